The number of amides is 12. The Morgan fingerprint density at radius 2 is 0.661 bits per heavy atom. The van der Waals surface area contributed by atoms with Crippen molar-refractivity contribution >= 4 is 107 Å². The molecule has 38 heteroatoms. The SMILES string of the molecule is CC(C)C[C@H](NC(=O)[C@@H]1CCCN1C(=O)[C@H](Cc1ccccc1)NC(=O)[C@H](C)NC(=O)[C@H](CCC(=O)OC(C)(C)C)NC(=O)[C@H](C)NC(=O)[C@H](CO)NC(=O)[C@H](CCC(=O)OC(C)(C)C)NC(=O)[C@H](CC(=O)OC(C)(C)C)NC(=O)[C@H](CCC(=O)OC(C)(C)C)NC(=O)[C@H](C)N)C(=O)N[C@@H](CCC(=O)OC(C)(C)C)C(=O)N[C@@H](Cc1ccccc1)C(=O)OC(C)(C)C. The van der Waals surface area contributed by atoms with Gasteiger partial charge in [0.1, 0.15) is 106 Å². The number of nitrogens with two attached hydrogens (primary N) is 1. The number of carbonyl (C=O) groups excluding carboxylic acids is 18. The maximum absolute atomic E-state index is 15.1. The first-order chi connectivity index (χ1) is 58.5. The van der Waals surface area contributed by atoms with Gasteiger partial charge in [-0.05, 0) is 207 Å². The van der Waals surface area contributed by atoms with Gasteiger partial charge in [0.25, 0.3) is 0 Å². The van der Waals surface area contributed by atoms with Crippen LogP contribution < -0.4 is 64.2 Å². The monoisotopic (exact) mass is 1790 g/mol. The third-order valence-corrected chi connectivity index (χ3v) is 18.3. The highest BCUT2D eigenvalue weighted by molar-refractivity contribution is 6.01. The lowest BCUT2D eigenvalue weighted by molar-refractivity contribution is -0.159. The van der Waals surface area contributed by atoms with Crippen molar-refractivity contribution in [1.29, 1.82) is 0 Å². The molecule has 0 aromatic heterocycles. The molecule has 1 saturated heterocycles. The van der Waals surface area contributed by atoms with E-state index in [4.69, 9.17) is 34.2 Å². The van der Waals surface area contributed by atoms with Crippen molar-refractivity contribution in [3.05, 3.63) is 71.8 Å². The molecule has 0 aliphatic carbocycles. The van der Waals surface area contributed by atoms with Crippen LogP contribution in [0.3, 0.4) is 0 Å². The Balaban J connectivity index is 1.98. The van der Waals surface area contributed by atoms with Gasteiger partial charge < -0.3 is 103 Å². The summed E-state index contributed by atoms with van der Waals surface area (Å²) in [5.74, 6) is -17.3. The highest BCUT2D eigenvalue weighted by Gasteiger charge is 2.43. The van der Waals surface area contributed by atoms with Crippen LogP contribution in [0.5, 0.6) is 0 Å². The van der Waals surface area contributed by atoms with Crippen LogP contribution in [0.15, 0.2) is 60.7 Å². The highest BCUT2D eigenvalue weighted by Crippen LogP contribution is 2.24. The Labute approximate surface area is 744 Å². The molecule has 1 aliphatic heterocycles. The zero-order valence-electron chi connectivity index (χ0n) is 77.9. The number of nitrogens with one attached hydrogen (secondary N) is 11. The fourth-order valence-electron chi connectivity index (χ4n) is 12.6. The van der Waals surface area contributed by atoms with Gasteiger partial charge in [0.05, 0.1) is 19.1 Å². The quantitative estimate of drug-likeness (QED) is 0.0335. The van der Waals surface area contributed by atoms with Gasteiger partial charge in [-0.15, -0.1) is 0 Å². The van der Waals surface area contributed by atoms with Gasteiger partial charge in [-0.3, -0.25) is 81.5 Å². The zero-order valence-corrected chi connectivity index (χ0v) is 77.9. The van der Waals surface area contributed by atoms with E-state index in [2.05, 4.69) is 58.5 Å². The average Bonchev–Trinajstić information content (AvgIpc) is 1.73. The molecule has 0 unspecified atom stereocenters. The van der Waals surface area contributed by atoms with E-state index in [1.807, 2.05) is 0 Å². The standard InChI is InChI=1S/C89H139N13O25/c1-50(2)45-60(78(116)95-58(38-42-68(106)124-86(12,13)14)76(114)100-63(83(121)127-89(21,22)23)47-55-33-28-25-29-34-55)98-81(119)65-35-30-44-102(65)82(120)62(46-54-31-26-24-27-32-54)99-73(111)53(5)91-74(112)56(36-40-66(104)122-84(6,7)8)94-72(110)52(4)92-80(118)64(49-103)101-77(115)59(39-43-69(107)125-87(15,16)17)96-79(117)61(48-70(108)126-88(18,19)20)97-75(113)57(93-71(109)51(3)90)37-41-67(105)123-85(9,10)11/h24-29,31-34,50-53,56-65,103H,30,35-49,90H2,1-23H3,(H,91,112)(H,92,118)(H,93,109)(H,94,110)(H,95,116)(H,96,117)(H,97,113)(H,98,119)(H,99,111)(H,100,114)(H,101,115)/t51-,52-,53-,56-,57-,58-,59-,60-,61-,62-,63-,64-,65-/m0/s1. The van der Waals surface area contributed by atoms with E-state index >= 15 is 4.79 Å². The van der Waals surface area contributed by atoms with Crippen LogP contribution in [0.4, 0.5) is 0 Å². The Kier molecular flexibility index (Phi) is 43.1. The maximum Gasteiger partial charge on any atom is 0.329 e. The number of ether oxygens (including phenoxy) is 6. The summed E-state index contributed by atoms with van der Waals surface area (Å²) in [7, 11) is 0. The molecule has 1 aliphatic rings. The Bertz CT molecular complexity index is 4120. The van der Waals surface area contributed by atoms with Crippen LogP contribution >= 0.6 is 0 Å². The van der Waals surface area contributed by atoms with Crippen LogP contribution in [-0.4, -0.2) is 242 Å². The summed E-state index contributed by atoms with van der Waals surface area (Å²) in [5.41, 5.74) is 0.989. The van der Waals surface area contributed by atoms with Gasteiger partial charge >= 0.3 is 35.8 Å². The maximum atomic E-state index is 15.1. The second-order valence-electron chi connectivity index (χ2n) is 38.0. The van der Waals surface area contributed by atoms with E-state index in [1.54, 1.807) is 178 Å². The molecule has 38 nitrogen and oxygen atoms in total. The van der Waals surface area contributed by atoms with E-state index in [0.29, 0.717) is 11.1 Å². The van der Waals surface area contributed by atoms with Crippen molar-refractivity contribution in [2.24, 2.45) is 11.7 Å². The molecular formula is C89H139N13O25. The van der Waals surface area contributed by atoms with Crippen LogP contribution in [0, 0.1) is 5.92 Å². The number of hydrogen-bond donors (Lipinski definition) is 13. The van der Waals surface area contributed by atoms with E-state index in [1.165, 1.54) is 39.5 Å². The Morgan fingerprint density at radius 3 is 1.02 bits per heavy atom. The van der Waals surface area contributed by atoms with Crippen molar-refractivity contribution < 1.29 is 120 Å². The number of likely N-dealkylation sites (tertiary alicyclic amines) is 1. The van der Waals surface area contributed by atoms with E-state index in [9.17, 15) is 86.6 Å². The van der Waals surface area contributed by atoms with E-state index in [-0.39, 0.29) is 57.4 Å². The smallest absolute Gasteiger partial charge is 0.329 e. The second kappa shape index (κ2) is 49.8. The van der Waals surface area contributed by atoms with E-state index < -0.39 is 270 Å². The lowest BCUT2D eigenvalue weighted by Gasteiger charge is -2.31. The number of rotatable bonds is 45. The number of carbonyl (C=O) groups is 18. The van der Waals surface area contributed by atoms with Crippen molar-refractivity contribution in [1.82, 2.24) is 63.4 Å². The zero-order chi connectivity index (χ0) is 96.6. The Hall–Kier alpha value is -11.2. The molecule has 13 atom stereocenters. The molecule has 3 rings (SSSR count). The van der Waals surface area contributed by atoms with Crippen LogP contribution in [0.2, 0.25) is 0 Å². The fraction of sp³-hybridized carbons (Fsp3) is 0.663. The molecule has 2 aromatic rings. The molecule has 710 valence electrons. The summed E-state index contributed by atoms with van der Waals surface area (Å²) in [6, 6.07) is -2.91. The molecule has 2 aromatic carbocycles. The molecule has 0 radical (unpaired) electrons. The van der Waals surface area contributed by atoms with Crippen LogP contribution in [-0.2, 0) is 128 Å². The summed E-state index contributed by atoms with van der Waals surface area (Å²) < 4.78 is 33.0. The average molecular weight is 1790 g/mol. The predicted molar refractivity (Wildman–Crippen MR) is 464 cm³/mol. The molecular weight excluding hydrogens is 1650 g/mol. The minimum absolute atomic E-state index is 0.000403. The predicted octanol–water partition coefficient (Wildman–Crippen LogP) is 2.78. The lowest BCUT2D eigenvalue weighted by atomic mass is 10.0. The first-order valence-corrected chi connectivity index (χ1v) is 42.9. The molecule has 127 heavy (non-hydrogen) atoms. The summed E-state index contributed by atoms with van der Waals surface area (Å²) in [6.07, 6.45) is -4.38. The molecule has 1 heterocycles. The van der Waals surface area contributed by atoms with E-state index in [0.717, 1.165) is 6.92 Å². The first kappa shape index (κ1) is 110. The van der Waals surface area contributed by atoms with Crippen molar-refractivity contribution in [3.8, 4) is 0 Å². The summed E-state index contributed by atoms with van der Waals surface area (Å²) in [6.45, 7) is 34.8. The minimum atomic E-state index is -1.97. The summed E-state index contributed by atoms with van der Waals surface area (Å²) >= 11 is 0. The third kappa shape index (κ3) is 43.7. The number of benzene rings is 2. The molecule has 0 saturated carbocycles. The normalized spacial score (nSPS) is 15.9. The number of hydrogen-bond acceptors (Lipinski definition) is 26. The number of esters is 6. The number of aliphatic hydroxyl groups excluding tert-OH is 1. The van der Waals surface area contributed by atoms with Gasteiger partial charge in [0, 0.05) is 45.1 Å². The van der Waals surface area contributed by atoms with Gasteiger partial charge in [-0.2, -0.15) is 0 Å². The third-order valence-electron chi connectivity index (χ3n) is 18.3. The fourth-order valence-corrected chi connectivity index (χ4v) is 12.6. The largest absolute Gasteiger partial charge is 0.460 e. The molecule has 0 spiro atoms. The minimum Gasteiger partial charge on any atom is -0.460 e. The van der Waals surface area contributed by atoms with Crippen LogP contribution in [0.25, 0.3) is 0 Å². The van der Waals surface area contributed by atoms with Gasteiger partial charge in [0.2, 0.25) is 70.9 Å². The van der Waals surface area contributed by atoms with Gasteiger partial charge in [-0.25, -0.2) is 4.79 Å². The topological polar surface area (TPSA) is 544 Å². The number of nitrogens with zero attached hydrogens (tertiary/aromatic N) is 1. The summed E-state index contributed by atoms with van der Waals surface area (Å²) in [4.78, 5) is 253. The molecule has 1 fully saturated rings. The lowest BCUT2D eigenvalue weighted by Crippen LogP contribution is -2.61. The molecule has 12 amide bonds. The van der Waals surface area contributed by atoms with Crippen molar-refractivity contribution in [2.75, 3.05) is 13.2 Å². The Morgan fingerprint density at radius 1 is 0.362 bits per heavy atom. The molecule has 0 bridgehead atoms. The first-order valence-electron chi connectivity index (χ1n) is 42.9. The molecule has 14 N–H and O–H groups in total. The van der Waals surface area contributed by atoms with Gasteiger partial charge in [-0.1, -0.05) is 74.5 Å². The van der Waals surface area contributed by atoms with Crippen molar-refractivity contribution in [3.63, 3.8) is 0 Å². The second-order valence-corrected chi connectivity index (χ2v) is 38.0. The highest BCUT2D eigenvalue weighted by atomic mass is 16.6. The number of aliphatic hydroxyl groups is 1. The summed E-state index contributed by atoms with van der Waals surface area (Å²) in [5, 5.41) is 38.3. The van der Waals surface area contributed by atoms with Gasteiger partial charge in [0.15, 0.2) is 0 Å². The van der Waals surface area contributed by atoms with Crippen molar-refractivity contribution in [2.45, 2.75) is 361 Å². The van der Waals surface area contributed by atoms with Crippen LogP contribution in [0.1, 0.15) is 247 Å².